The molecule has 0 aliphatic carbocycles. The Labute approximate surface area is 203 Å². The van der Waals surface area contributed by atoms with Gasteiger partial charge in [0.1, 0.15) is 0 Å². The molecule has 0 radical (unpaired) electrons. The van der Waals surface area contributed by atoms with Crippen LogP contribution in [-0.4, -0.2) is 54.9 Å². The summed E-state index contributed by atoms with van der Waals surface area (Å²) in [4.78, 5) is 22.4. The van der Waals surface area contributed by atoms with Crippen LogP contribution in [0.5, 0.6) is 0 Å². The maximum absolute atomic E-state index is 13.4. The summed E-state index contributed by atoms with van der Waals surface area (Å²) in [5.74, 6) is -0.354. The zero-order chi connectivity index (χ0) is 24.4. The highest BCUT2D eigenvalue weighted by Crippen LogP contribution is 2.27. The summed E-state index contributed by atoms with van der Waals surface area (Å²) in [6.45, 7) is 3.08. The molecule has 8 nitrogen and oxygen atoms in total. The molecule has 1 N–H and O–H groups in total. The molecule has 1 saturated heterocycles. The molecule has 1 amide bonds. The minimum Gasteiger partial charge on any atom is -0.379 e. The van der Waals surface area contributed by atoms with Crippen LogP contribution in [0, 0.1) is 6.92 Å². The Bertz CT molecular complexity index is 1500. The van der Waals surface area contributed by atoms with Gasteiger partial charge in [-0.15, -0.1) is 0 Å². The Balaban J connectivity index is 1.51. The average Bonchev–Trinajstić information content (AvgIpc) is 2.90. The lowest BCUT2D eigenvalue weighted by Gasteiger charge is -2.26. The van der Waals surface area contributed by atoms with Crippen molar-refractivity contribution in [3.8, 4) is 11.3 Å². The standard InChI is InChI=1S/C26H24N4O4S/c1-18-8-9-20(15-25(18)35(32,33)30-11-13-34-14-12-30)28-26(31)22-16-24(19-5-4-10-27-17-19)29-23-7-3-2-6-21(22)23/h2-10,15-17H,11-14H2,1H3,(H,28,31). The Morgan fingerprint density at radius 2 is 1.83 bits per heavy atom. The third-order valence-electron chi connectivity index (χ3n) is 5.95. The van der Waals surface area contributed by atoms with E-state index in [0.717, 1.165) is 5.56 Å². The first-order chi connectivity index (χ1) is 16.9. The maximum atomic E-state index is 13.4. The minimum absolute atomic E-state index is 0.174. The number of fused-ring (bicyclic) bond motifs is 1. The van der Waals surface area contributed by atoms with Crippen molar-refractivity contribution in [2.24, 2.45) is 0 Å². The molecule has 0 bridgehead atoms. The largest absolute Gasteiger partial charge is 0.379 e. The van der Waals surface area contributed by atoms with Crippen molar-refractivity contribution in [3.05, 3.63) is 84.2 Å². The predicted molar refractivity (Wildman–Crippen MR) is 134 cm³/mol. The van der Waals surface area contributed by atoms with E-state index < -0.39 is 10.0 Å². The fourth-order valence-corrected chi connectivity index (χ4v) is 5.76. The van der Waals surface area contributed by atoms with E-state index in [1.807, 2.05) is 36.4 Å². The van der Waals surface area contributed by atoms with Crippen molar-refractivity contribution in [2.75, 3.05) is 31.6 Å². The number of carbonyl (C=O) groups is 1. The Morgan fingerprint density at radius 1 is 1.03 bits per heavy atom. The molecule has 9 heteroatoms. The molecule has 2 aromatic carbocycles. The highest BCUT2D eigenvalue weighted by molar-refractivity contribution is 7.89. The molecule has 0 spiro atoms. The molecule has 1 aliphatic rings. The fraction of sp³-hybridized carbons (Fsp3) is 0.192. The number of benzene rings is 2. The van der Waals surface area contributed by atoms with Gasteiger partial charge in [0.05, 0.1) is 34.9 Å². The molecule has 178 valence electrons. The number of aryl methyl sites for hydroxylation is 1. The van der Waals surface area contributed by atoms with Crippen LogP contribution < -0.4 is 5.32 Å². The van der Waals surface area contributed by atoms with Gasteiger partial charge in [-0.3, -0.25) is 9.78 Å². The molecule has 0 atom stereocenters. The molecule has 1 aliphatic heterocycles. The second-order valence-electron chi connectivity index (χ2n) is 8.26. The zero-order valence-corrected chi connectivity index (χ0v) is 20.0. The lowest BCUT2D eigenvalue weighted by molar-refractivity contribution is 0.0730. The molecule has 0 unspecified atom stereocenters. The highest BCUT2D eigenvalue weighted by atomic mass is 32.2. The van der Waals surface area contributed by atoms with E-state index in [1.165, 1.54) is 10.4 Å². The van der Waals surface area contributed by atoms with Gasteiger partial charge in [0.2, 0.25) is 10.0 Å². The van der Waals surface area contributed by atoms with Crippen LogP contribution >= 0.6 is 0 Å². The molecule has 0 saturated carbocycles. The molecular formula is C26H24N4O4S. The van der Waals surface area contributed by atoms with Gasteiger partial charge in [-0.25, -0.2) is 13.4 Å². The van der Waals surface area contributed by atoms with Gasteiger partial charge in [0.25, 0.3) is 5.91 Å². The molecular weight excluding hydrogens is 464 g/mol. The average molecular weight is 489 g/mol. The first-order valence-electron chi connectivity index (χ1n) is 11.2. The number of pyridine rings is 2. The van der Waals surface area contributed by atoms with Gasteiger partial charge in [-0.05, 0) is 48.9 Å². The van der Waals surface area contributed by atoms with Crippen LogP contribution in [0.15, 0.2) is 78.0 Å². The molecule has 3 heterocycles. The van der Waals surface area contributed by atoms with Gasteiger partial charge in [0.15, 0.2) is 0 Å². The number of amides is 1. The van der Waals surface area contributed by atoms with E-state index in [9.17, 15) is 13.2 Å². The van der Waals surface area contributed by atoms with Crippen molar-refractivity contribution in [3.63, 3.8) is 0 Å². The SMILES string of the molecule is Cc1ccc(NC(=O)c2cc(-c3cccnc3)nc3ccccc23)cc1S(=O)(=O)N1CCOCC1. The number of carbonyl (C=O) groups excluding carboxylic acids is 1. The second-order valence-corrected chi connectivity index (χ2v) is 10.2. The second kappa shape index (κ2) is 9.53. The normalized spacial score (nSPS) is 14.7. The number of nitrogens with one attached hydrogen (secondary N) is 1. The lowest BCUT2D eigenvalue weighted by Crippen LogP contribution is -2.40. The van der Waals surface area contributed by atoms with Gasteiger partial charge < -0.3 is 10.1 Å². The minimum atomic E-state index is -3.71. The Kier molecular flexibility index (Phi) is 6.29. The maximum Gasteiger partial charge on any atom is 0.256 e. The number of anilines is 1. The topological polar surface area (TPSA) is 101 Å². The van der Waals surface area contributed by atoms with E-state index in [-0.39, 0.29) is 10.8 Å². The summed E-state index contributed by atoms with van der Waals surface area (Å²) in [6.07, 6.45) is 3.37. The number of ether oxygens (including phenoxy) is 1. The number of hydrogen-bond donors (Lipinski definition) is 1. The summed E-state index contributed by atoms with van der Waals surface area (Å²) in [6, 6.07) is 17.8. The van der Waals surface area contributed by atoms with Crippen LogP contribution in [0.2, 0.25) is 0 Å². The van der Waals surface area contributed by atoms with Crippen molar-refractivity contribution < 1.29 is 17.9 Å². The van der Waals surface area contributed by atoms with Crippen LogP contribution in [0.4, 0.5) is 5.69 Å². The fourth-order valence-electron chi connectivity index (χ4n) is 4.11. The van der Waals surface area contributed by atoms with E-state index in [2.05, 4.69) is 10.3 Å². The number of aromatic nitrogens is 2. The Morgan fingerprint density at radius 3 is 2.60 bits per heavy atom. The summed E-state index contributed by atoms with van der Waals surface area (Å²) >= 11 is 0. The number of morpholine rings is 1. The summed E-state index contributed by atoms with van der Waals surface area (Å²) in [5.41, 5.74) is 3.55. The van der Waals surface area contributed by atoms with E-state index in [1.54, 1.807) is 37.5 Å². The van der Waals surface area contributed by atoms with E-state index in [4.69, 9.17) is 9.72 Å². The third kappa shape index (κ3) is 4.66. The molecule has 5 rings (SSSR count). The molecule has 35 heavy (non-hydrogen) atoms. The van der Waals surface area contributed by atoms with E-state index in [0.29, 0.717) is 59.7 Å². The Hall–Kier alpha value is -3.66. The number of hydrogen-bond acceptors (Lipinski definition) is 6. The van der Waals surface area contributed by atoms with Crippen LogP contribution in [0.25, 0.3) is 22.2 Å². The van der Waals surface area contributed by atoms with Gasteiger partial charge in [-0.2, -0.15) is 4.31 Å². The van der Waals surface area contributed by atoms with Crippen molar-refractivity contribution in [1.29, 1.82) is 0 Å². The summed E-state index contributed by atoms with van der Waals surface area (Å²) in [5, 5.41) is 3.58. The highest BCUT2D eigenvalue weighted by Gasteiger charge is 2.28. The summed E-state index contributed by atoms with van der Waals surface area (Å²) in [7, 11) is -3.71. The monoisotopic (exact) mass is 488 g/mol. The van der Waals surface area contributed by atoms with Gasteiger partial charge in [-0.1, -0.05) is 24.3 Å². The quantitative estimate of drug-likeness (QED) is 0.458. The summed E-state index contributed by atoms with van der Waals surface area (Å²) < 4.78 is 33.2. The number of nitrogens with zero attached hydrogens (tertiary/aromatic N) is 3. The smallest absolute Gasteiger partial charge is 0.256 e. The van der Waals surface area contributed by atoms with Crippen molar-refractivity contribution >= 4 is 32.5 Å². The first-order valence-corrected chi connectivity index (χ1v) is 12.7. The van der Waals surface area contributed by atoms with Crippen LogP contribution in [-0.2, 0) is 14.8 Å². The number of para-hydroxylation sites is 1. The number of sulfonamides is 1. The van der Waals surface area contributed by atoms with Crippen LogP contribution in [0.3, 0.4) is 0 Å². The van der Waals surface area contributed by atoms with Crippen molar-refractivity contribution in [2.45, 2.75) is 11.8 Å². The van der Waals surface area contributed by atoms with Crippen molar-refractivity contribution in [1.82, 2.24) is 14.3 Å². The van der Waals surface area contributed by atoms with Gasteiger partial charge in [0, 0.05) is 42.1 Å². The molecule has 1 fully saturated rings. The van der Waals surface area contributed by atoms with Gasteiger partial charge >= 0.3 is 0 Å². The number of rotatable bonds is 5. The molecule has 4 aromatic rings. The first kappa shape index (κ1) is 23.1. The lowest BCUT2D eigenvalue weighted by atomic mass is 10.0. The van der Waals surface area contributed by atoms with E-state index >= 15 is 0 Å². The zero-order valence-electron chi connectivity index (χ0n) is 19.1. The predicted octanol–water partition coefficient (Wildman–Crippen LogP) is 3.88. The third-order valence-corrected chi connectivity index (χ3v) is 7.99. The van der Waals surface area contributed by atoms with Crippen LogP contribution in [0.1, 0.15) is 15.9 Å². The molecule has 2 aromatic heterocycles.